The minimum atomic E-state index is -3.76. The van der Waals surface area contributed by atoms with Gasteiger partial charge in [0.15, 0.2) is 23.6 Å². The SMILES string of the molecule is [2H]C([2H])([2H])C([2H])([2H])C([2H])([2H])C(=O)N[C@@H](c1ccccc1)[C@@H](O)C(=O)O[C@H]1C[C@@]2(O)[C@@H](OC(=O)c3ccccc3)[C@@H]3[C@]4(OC(C)=O)CO[C@@H]4C[C@H](O)[C@@]3(C)C(=O)[C@H](OC(C)=O)C(=C1C)C2(C)C. The number of carbonyl (C=O) groups excluding carboxylic acids is 6. The van der Waals surface area contributed by atoms with Crippen molar-refractivity contribution in [3.05, 3.63) is 82.9 Å². The Morgan fingerprint density at radius 1 is 0.983 bits per heavy atom. The van der Waals surface area contributed by atoms with Crippen LogP contribution in [-0.4, -0.2) is 105 Å². The Balaban J connectivity index is 1.52. The van der Waals surface area contributed by atoms with Gasteiger partial charge in [-0.15, -0.1) is 0 Å². The van der Waals surface area contributed by atoms with Gasteiger partial charge in [-0.3, -0.25) is 19.2 Å². The molecule has 2 bridgehead atoms. The molecule has 11 atom stereocenters. The zero-order valence-corrected chi connectivity index (χ0v) is 33.3. The topological polar surface area (TPSA) is 221 Å². The Morgan fingerprint density at radius 2 is 1.63 bits per heavy atom. The third kappa shape index (κ3) is 7.36. The molecular weight excluding hydrogens is 766 g/mol. The summed E-state index contributed by atoms with van der Waals surface area (Å²) in [6, 6.07) is 12.7. The number of esters is 4. The molecule has 1 aliphatic heterocycles. The van der Waals surface area contributed by atoms with Gasteiger partial charge in [-0.1, -0.05) is 69.2 Å². The van der Waals surface area contributed by atoms with Crippen LogP contribution in [0, 0.1) is 16.7 Å². The Morgan fingerprint density at radius 3 is 2.20 bits per heavy atom. The van der Waals surface area contributed by atoms with Gasteiger partial charge >= 0.3 is 23.9 Å². The predicted octanol–water partition coefficient (Wildman–Crippen LogP) is 3.22. The Bertz CT molecular complexity index is 2310. The van der Waals surface area contributed by atoms with Crippen molar-refractivity contribution in [3.8, 4) is 0 Å². The van der Waals surface area contributed by atoms with Gasteiger partial charge in [0.2, 0.25) is 5.91 Å². The maximum atomic E-state index is 15.5. The molecule has 1 amide bonds. The fourth-order valence-electron chi connectivity index (χ4n) is 9.60. The van der Waals surface area contributed by atoms with Crippen LogP contribution in [-0.2, 0) is 47.7 Å². The third-order valence-corrected chi connectivity index (χ3v) is 12.6. The zero-order valence-electron chi connectivity index (χ0n) is 40.3. The van der Waals surface area contributed by atoms with Gasteiger partial charge in [0.1, 0.15) is 23.9 Å². The number of ether oxygens (including phenoxy) is 5. The van der Waals surface area contributed by atoms with Crippen molar-refractivity contribution in [1.29, 1.82) is 0 Å². The standard InChI is InChI=1S/C44H53NO14/c1-8-15-31(49)45-33(26-16-11-9-12-17-26)34(50)40(53)57-28-21-44(54)38(58-39(52)27-18-13-10-14-19-27)36-42(7,29(48)20-30-43(36,22-55-30)59-25(4)47)37(51)35(56-24(3)46)32(23(28)2)41(44,5)6/h9-14,16-19,28-30,33-36,38,48,50,54H,8,15,20-22H2,1-7H3,(H,45,49)/t28-,29-,30+,33-,34+,35+,36-,38-,42+,43-,44+/m0/s1/i1D3,8D2,15D2. The molecule has 6 rings (SSSR count). The van der Waals surface area contributed by atoms with E-state index in [4.69, 9.17) is 33.3 Å². The summed E-state index contributed by atoms with van der Waals surface area (Å²) < 4.78 is 84.9. The van der Waals surface area contributed by atoms with Crippen molar-refractivity contribution < 1.29 is 77.4 Å². The predicted molar refractivity (Wildman–Crippen MR) is 207 cm³/mol. The number of hydrogen-bond donors (Lipinski definition) is 4. The molecule has 1 saturated heterocycles. The van der Waals surface area contributed by atoms with E-state index in [1.807, 2.05) is 0 Å². The van der Waals surface area contributed by atoms with Gasteiger partial charge in [-0.25, -0.2) is 9.59 Å². The van der Waals surface area contributed by atoms with E-state index in [9.17, 15) is 39.3 Å². The van der Waals surface area contributed by atoms with Crippen molar-refractivity contribution in [1.82, 2.24) is 5.32 Å². The van der Waals surface area contributed by atoms with Crippen LogP contribution < -0.4 is 5.32 Å². The Hall–Kier alpha value is -4.96. The molecule has 318 valence electrons. The minimum absolute atomic E-state index is 0.00682. The lowest BCUT2D eigenvalue weighted by molar-refractivity contribution is -0.346. The lowest BCUT2D eigenvalue weighted by Crippen LogP contribution is -2.82. The number of ketones is 1. The van der Waals surface area contributed by atoms with Gasteiger partial charge < -0.3 is 44.3 Å². The Labute approximate surface area is 352 Å². The molecular formula is C44H53NO14. The highest BCUT2D eigenvalue weighted by Crippen LogP contribution is 2.64. The molecule has 4 aliphatic rings. The Kier molecular flexibility index (Phi) is 9.60. The van der Waals surface area contributed by atoms with Gasteiger partial charge in [-0.2, -0.15) is 0 Å². The second kappa shape index (κ2) is 16.2. The summed E-state index contributed by atoms with van der Waals surface area (Å²) >= 11 is 0. The summed E-state index contributed by atoms with van der Waals surface area (Å²) in [5, 5.41) is 39.5. The third-order valence-electron chi connectivity index (χ3n) is 12.6. The van der Waals surface area contributed by atoms with E-state index < -0.39 is 139 Å². The van der Waals surface area contributed by atoms with Gasteiger partial charge in [-0.05, 0) is 49.1 Å². The molecule has 3 aliphatic carbocycles. The first-order valence-corrected chi connectivity index (χ1v) is 19.1. The van der Waals surface area contributed by atoms with Crippen molar-refractivity contribution >= 4 is 35.6 Å². The van der Waals surface area contributed by atoms with Crippen molar-refractivity contribution in [2.75, 3.05) is 6.61 Å². The molecule has 0 spiro atoms. The number of carbonyl (C=O) groups is 6. The summed E-state index contributed by atoms with van der Waals surface area (Å²) in [5.41, 5.74) is -8.53. The van der Waals surface area contributed by atoms with Crippen LogP contribution in [0.1, 0.15) is 106 Å². The molecule has 2 saturated carbocycles. The smallest absolute Gasteiger partial charge is 0.338 e. The van der Waals surface area contributed by atoms with Crippen molar-refractivity contribution in [2.45, 2.75) is 128 Å². The van der Waals surface area contributed by atoms with Crippen LogP contribution in [0.4, 0.5) is 0 Å². The van der Waals surface area contributed by atoms with Crippen LogP contribution in [0.2, 0.25) is 0 Å². The quantitative estimate of drug-likeness (QED) is 0.145. The summed E-state index contributed by atoms with van der Waals surface area (Å²) in [4.78, 5) is 83.5. The normalized spacial score (nSPS) is 35.4. The van der Waals surface area contributed by atoms with Crippen LogP contribution >= 0.6 is 0 Å². The van der Waals surface area contributed by atoms with E-state index in [-0.39, 0.29) is 28.7 Å². The van der Waals surface area contributed by atoms with E-state index in [0.29, 0.717) is 0 Å². The lowest BCUT2D eigenvalue weighted by atomic mass is 9.44. The first-order chi connectivity index (χ1) is 30.4. The summed E-state index contributed by atoms with van der Waals surface area (Å²) in [5.74, 6) is -8.86. The molecule has 0 radical (unpaired) electrons. The van der Waals surface area contributed by atoms with Crippen molar-refractivity contribution in [2.24, 2.45) is 16.7 Å². The molecule has 3 fully saturated rings. The van der Waals surface area contributed by atoms with Crippen LogP contribution in [0.5, 0.6) is 0 Å². The second-order valence-electron chi connectivity index (χ2n) is 16.2. The highest BCUT2D eigenvalue weighted by Gasteiger charge is 2.78. The zero-order chi connectivity index (χ0) is 49.3. The molecule has 15 heteroatoms. The van der Waals surface area contributed by atoms with E-state index >= 15 is 4.79 Å². The number of aliphatic hydroxyl groups excluding tert-OH is 2. The molecule has 59 heavy (non-hydrogen) atoms. The number of Topliss-reactive ketones (excluding diaryl/α,β-unsaturated/α-hetero) is 1. The summed E-state index contributed by atoms with van der Waals surface area (Å²) in [7, 11) is 0. The van der Waals surface area contributed by atoms with E-state index in [1.165, 1.54) is 70.2 Å². The minimum Gasteiger partial charge on any atom is -0.456 e. The van der Waals surface area contributed by atoms with Crippen molar-refractivity contribution in [3.63, 3.8) is 0 Å². The number of benzene rings is 2. The number of nitrogens with one attached hydrogen (secondary N) is 1. The number of aliphatic hydroxyl groups is 3. The largest absolute Gasteiger partial charge is 0.456 e. The highest BCUT2D eigenvalue weighted by molar-refractivity contribution is 5.95. The first kappa shape index (κ1) is 34.9. The molecule has 0 unspecified atom stereocenters. The molecule has 4 N–H and O–H groups in total. The van der Waals surface area contributed by atoms with Gasteiger partial charge in [0, 0.05) is 48.1 Å². The van der Waals surface area contributed by atoms with E-state index in [0.717, 1.165) is 13.8 Å². The fourth-order valence-corrected chi connectivity index (χ4v) is 9.60. The fraction of sp³-hybridized carbons (Fsp3) is 0.545. The summed E-state index contributed by atoms with van der Waals surface area (Å²) in [6.45, 7) is 3.73. The number of fused-ring (bicyclic) bond motifs is 5. The van der Waals surface area contributed by atoms with Gasteiger partial charge in [0.25, 0.3) is 0 Å². The number of amides is 1. The van der Waals surface area contributed by atoms with E-state index in [2.05, 4.69) is 5.32 Å². The van der Waals surface area contributed by atoms with Gasteiger partial charge in [0.05, 0.1) is 35.6 Å². The molecule has 2 aromatic rings. The van der Waals surface area contributed by atoms with Crippen LogP contribution in [0.15, 0.2) is 71.8 Å². The van der Waals surface area contributed by atoms with Crippen LogP contribution in [0.3, 0.4) is 0 Å². The van der Waals surface area contributed by atoms with E-state index in [1.54, 1.807) is 18.2 Å². The lowest BCUT2D eigenvalue weighted by Gasteiger charge is -2.67. The molecule has 1 heterocycles. The highest BCUT2D eigenvalue weighted by atomic mass is 16.6. The average Bonchev–Trinajstić information content (AvgIpc) is 3.23. The molecule has 2 aromatic carbocycles. The number of rotatable bonds is 11. The second-order valence-corrected chi connectivity index (χ2v) is 16.2. The maximum Gasteiger partial charge on any atom is 0.338 e. The maximum absolute atomic E-state index is 15.5. The average molecular weight is 827 g/mol. The summed E-state index contributed by atoms with van der Waals surface area (Å²) in [6.07, 6.45) is -19.3. The monoisotopic (exact) mass is 826 g/mol. The number of hydrogen-bond acceptors (Lipinski definition) is 14. The molecule has 0 aromatic heterocycles. The first-order valence-electron chi connectivity index (χ1n) is 22.6. The van der Waals surface area contributed by atoms with Crippen LogP contribution in [0.25, 0.3) is 0 Å². The molecule has 15 nitrogen and oxygen atoms in total.